The summed E-state index contributed by atoms with van der Waals surface area (Å²) in [7, 11) is 0. The Labute approximate surface area is 264 Å². The number of carboxylic acid groups (broad SMARTS) is 1. The molecular formula is C38H41N3O4. The molecule has 7 nitrogen and oxygen atoms in total. The minimum Gasteiger partial charge on any atom is -0.487 e. The fourth-order valence-electron chi connectivity index (χ4n) is 6.05. The fourth-order valence-corrected chi connectivity index (χ4v) is 6.05. The lowest BCUT2D eigenvalue weighted by molar-refractivity contribution is -0.146. The van der Waals surface area contributed by atoms with Gasteiger partial charge in [0.2, 0.25) is 5.88 Å². The maximum Gasteiger partial charge on any atom is 0.309 e. The monoisotopic (exact) mass is 603 g/mol. The molecule has 1 N–H and O–H groups in total. The van der Waals surface area contributed by atoms with Crippen LogP contribution in [0.3, 0.4) is 0 Å². The Morgan fingerprint density at radius 1 is 0.978 bits per heavy atom. The third-order valence-corrected chi connectivity index (χ3v) is 8.93. The zero-order chi connectivity index (χ0) is 31.4. The van der Waals surface area contributed by atoms with Crippen molar-refractivity contribution in [1.29, 1.82) is 0 Å². The van der Waals surface area contributed by atoms with Crippen LogP contribution in [-0.2, 0) is 30.8 Å². The van der Waals surface area contributed by atoms with E-state index in [1.165, 1.54) is 24.8 Å². The van der Waals surface area contributed by atoms with Gasteiger partial charge in [0.15, 0.2) is 0 Å². The zero-order valence-electron chi connectivity index (χ0n) is 26.3. The lowest BCUT2D eigenvalue weighted by Gasteiger charge is -2.27. The highest BCUT2D eigenvalue weighted by atomic mass is 16.5. The van der Waals surface area contributed by atoms with Crippen LogP contribution in [0.15, 0.2) is 85.2 Å². The van der Waals surface area contributed by atoms with Gasteiger partial charge in [0, 0.05) is 53.6 Å². The molecule has 0 aliphatic heterocycles. The van der Waals surface area contributed by atoms with E-state index in [0.29, 0.717) is 38.0 Å². The predicted octanol–water partition coefficient (Wildman–Crippen LogP) is 8.12. The maximum absolute atomic E-state index is 12.4. The van der Waals surface area contributed by atoms with E-state index in [4.69, 9.17) is 9.47 Å². The first-order chi connectivity index (χ1) is 21.8. The van der Waals surface area contributed by atoms with Gasteiger partial charge in [-0.15, -0.1) is 0 Å². The molecule has 232 valence electrons. The van der Waals surface area contributed by atoms with Crippen LogP contribution in [-0.4, -0.2) is 32.2 Å². The van der Waals surface area contributed by atoms with Gasteiger partial charge in [-0.3, -0.25) is 9.78 Å². The molecule has 0 unspecified atom stereocenters. The number of carboxylic acids is 1. The van der Waals surface area contributed by atoms with E-state index in [0.717, 1.165) is 51.2 Å². The average Bonchev–Trinajstić information content (AvgIpc) is 3.29. The largest absolute Gasteiger partial charge is 0.487 e. The molecule has 0 bridgehead atoms. The normalized spacial score (nSPS) is 13.5. The second kappa shape index (κ2) is 13.1. The molecule has 1 aliphatic rings. The van der Waals surface area contributed by atoms with Crippen LogP contribution in [0.25, 0.3) is 22.0 Å². The summed E-state index contributed by atoms with van der Waals surface area (Å²) < 4.78 is 14.0. The molecule has 0 saturated heterocycles. The maximum atomic E-state index is 12.4. The van der Waals surface area contributed by atoms with Crippen LogP contribution < -0.4 is 9.47 Å². The van der Waals surface area contributed by atoms with E-state index >= 15 is 0 Å². The molecule has 6 rings (SSSR count). The van der Waals surface area contributed by atoms with E-state index < -0.39 is 11.4 Å². The number of carbonyl (C=O) groups is 1. The third-order valence-electron chi connectivity index (χ3n) is 8.93. The molecular weight excluding hydrogens is 562 g/mol. The summed E-state index contributed by atoms with van der Waals surface area (Å²) in [6.07, 6.45) is 8.69. The first kappa shape index (κ1) is 30.4. The van der Waals surface area contributed by atoms with Gasteiger partial charge in [0.25, 0.3) is 0 Å². The number of pyridine rings is 2. The number of fused-ring (bicyclic) bond motifs is 1. The van der Waals surface area contributed by atoms with Gasteiger partial charge in [-0.2, -0.15) is 0 Å². The number of ether oxygens (including phenoxy) is 2. The van der Waals surface area contributed by atoms with Crippen molar-refractivity contribution in [3.63, 3.8) is 0 Å². The van der Waals surface area contributed by atoms with Crippen LogP contribution in [0.2, 0.25) is 0 Å². The van der Waals surface area contributed by atoms with E-state index in [1.807, 2.05) is 63.4 Å². The third kappa shape index (κ3) is 6.88. The molecule has 3 aromatic heterocycles. The Morgan fingerprint density at radius 3 is 2.42 bits per heavy atom. The second-order valence-electron chi connectivity index (χ2n) is 12.7. The van der Waals surface area contributed by atoms with Crippen molar-refractivity contribution in [3.8, 4) is 22.8 Å². The highest BCUT2D eigenvalue weighted by molar-refractivity contribution is 5.88. The summed E-state index contributed by atoms with van der Waals surface area (Å²) in [5, 5.41) is 11.3. The van der Waals surface area contributed by atoms with Crippen LogP contribution >= 0.6 is 0 Å². The molecule has 2 aromatic carbocycles. The number of aromatic nitrogens is 3. The summed E-state index contributed by atoms with van der Waals surface area (Å²) in [6.45, 7) is 7.21. The summed E-state index contributed by atoms with van der Waals surface area (Å²) in [5.41, 5.74) is 6.68. The summed E-state index contributed by atoms with van der Waals surface area (Å²) in [5.74, 6) is 1.24. The number of benzene rings is 2. The number of hydrogen-bond donors (Lipinski definition) is 1. The van der Waals surface area contributed by atoms with Crippen molar-refractivity contribution in [1.82, 2.24) is 14.5 Å². The van der Waals surface area contributed by atoms with E-state index in [2.05, 4.69) is 50.9 Å². The molecule has 1 aliphatic carbocycles. The molecule has 0 radical (unpaired) electrons. The average molecular weight is 604 g/mol. The standard InChI is InChI=1S/C38H41N3O4/c1-4-44-36-18-15-29(23-40-36)28-13-11-27(12-14-28)24-41-34-17-16-31(45-25-30-10-5-6-19-39-30)21-33(34)32(20-26-8-7-9-26)35(41)22-38(2,3)37(42)43/h5-6,10-19,21,23,26H,4,7-9,20,22,24-25H2,1-3H3,(H,42,43). The Hall–Kier alpha value is -4.65. The summed E-state index contributed by atoms with van der Waals surface area (Å²) >= 11 is 0. The van der Waals surface area contributed by atoms with Crippen molar-refractivity contribution < 1.29 is 19.4 Å². The van der Waals surface area contributed by atoms with Crippen LogP contribution in [0.5, 0.6) is 11.6 Å². The van der Waals surface area contributed by atoms with Crippen molar-refractivity contribution in [2.24, 2.45) is 11.3 Å². The molecule has 5 aromatic rings. The second-order valence-corrected chi connectivity index (χ2v) is 12.7. The number of aliphatic carboxylic acids is 1. The minimum absolute atomic E-state index is 0.389. The van der Waals surface area contributed by atoms with Gasteiger partial charge >= 0.3 is 5.97 Å². The van der Waals surface area contributed by atoms with Gasteiger partial charge < -0.3 is 19.1 Å². The van der Waals surface area contributed by atoms with E-state index in [-0.39, 0.29) is 0 Å². The topological polar surface area (TPSA) is 86.5 Å². The molecule has 7 heteroatoms. The molecule has 0 amide bonds. The quantitative estimate of drug-likeness (QED) is 0.146. The zero-order valence-corrected chi connectivity index (χ0v) is 26.3. The summed E-state index contributed by atoms with van der Waals surface area (Å²) in [4.78, 5) is 21.2. The Balaban J connectivity index is 1.37. The molecule has 1 saturated carbocycles. The fraction of sp³-hybridized carbons (Fsp3) is 0.342. The van der Waals surface area contributed by atoms with Crippen LogP contribution in [0.4, 0.5) is 0 Å². The summed E-state index contributed by atoms with van der Waals surface area (Å²) in [6, 6.07) is 24.6. The lowest BCUT2D eigenvalue weighted by Crippen LogP contribution is -2.28. The lowest BCUT2D eigenvalue weighted by atomic mass is 9.79. The van der Waals surface area contributed by atoms with Crippen LogP contribution in [0.1, 0.15) is 62.5 Å². The van der Waals surface area contributed by atoms with Gasteiger partial charge in [-0.25, -0.2) is 4.98 Å². The number of rotatable bonds is 13. The molecule has 45 heavy (non-hydrogen) atoms. The smallest absolute Gasteiger partial charge is 0.309 e. The van der Waals surface area contributed by atoms with Crippen molar-refractivity contribution in [2.75, 3.05) is 6.61 Å². The number of hydrogen-bond acceptors (Lipinski definition) is 5. The first-order valence-electron chi connectivity index (χ1n) is 15.9. The predicted molar refractivity (Wildman–Crippen MR) is 177 cm³/mol. The van der Waals surface area contributed by atoms with Crippen LogP contribution in [0, 0.1) is 11.3 Å². The van der Waals surface area contributed by atoms with Gasteiger partial charge in [0.05, 0.1) is 17.7 Å². The van der Waals surface area contributed by atoms with Crippen molar-refractivity contribution in [3.05, 3.63) is 108 Å². The first-order valence-corrected chi connectivity index (χ1v) is 15.9. The Kier molecular flexibility index (Phi) is 8.87. The van der Waals surface area contributed by atoms with Crippen molar-refractivity contribution >= 4 is 16.9 Å². The van der Waals surface area contributed by atoms with Crippen molar-refractivity contribution in [2.45, 2.75) is 66.0 Å². The Bertz CT molecular complexity index is 1760. The van der Waals surface area contributed by atoms with Gasteiger partial charge in [-0.05, 0) is 86.2 Å². The molecule has 0 spiro atoms. The Morgan fingerprint density at radius 2 is 1.78 bits per heavy atom. The number of nitrogens with zero attached hydrogens (tertiary/aromatic N) is 3. The van der Waals surface area contributed by atoms with Gasteiger partial charge in [0.1, 0.15) is 12.4 Å². The SMILES string of the molecule is CCOc1ccc(-c2ccc(Cn3c(CC(C)(C)C(=O)O)c(CC4CCC4)c4cc(OCc5ccccn5)ccc43)cc2)cn1. The van der Waals surface area contributed by atoms with Gasteiger partial charge in [-0.1, -0.05) is 49.6 Å². The molecule has 1 fully saturated rings. The highest BCUT2D eigenvalue weighted by Gasteiger charge is 2.32. The molecule has 0 atom stereocenters. The highest BCUT2D eigenvalue weighted by Crippen LogP contribution is 2.39. The van der Waals surface area contributed by atoms with E-state index in [1.54, 1.807) is 6.20 Å². The minimum atomic E-state index is -0.913. The van der Waals surface area contributed by atoms with E-state index in [9.17, 15) is 9.90 Å². The molecule has 3 heterocycles.